The van der Waals surface area contributed by atoms with Crippen LogP contribution in [0.1, 0.15) is 30.1 Å². The van der Waals surface area contributed by atoms with Crippen LogP contribution in [0, 0.1) is 0 Å². The fourth-order valence-electron chi connectivity index (χ4n) is 1.40. The van der Waals surface area contributed by atoms with Gasteiger partial charge >= 0.3 is 5.97 Å². The summed E-state index contributed by atoms with van der Waals surface area (Å²) in [5.41, 5.74) is 0.415. The Morgan fingerprint density at radius 2 is 2.16 bits per heavy atom. The van der Waals surface area contributed by atoms with Crippen molar-refractivity contribution in [3.05, 3.63) is 28.2 Å². The first kappa shape index (κ1) is 16.0. The highest BCUT2D eigenvalue weighted by Gasteiger charge is 2.12. The third-order valence-electron chi connectivity index (χ3n) is 2.36. The molecule has 1 rings (SSSR count). The summed E-state index contributed by atoms with van der Waals surface area (Å²) in [6, 6.07) is 4.69. The molecule has 0 saturated carbocycles. The Kier molecular flexibility index (Phi) is 6.94. The second kappa shape index (κ2) is 8.22. The van der Waals surface area contributed by atoms with Crippen LogP contribution >= 0.6 is 27.7 Å². The third kappa shape index (κ3) is 5.65. The number of carboxylic acid groups (broad SMARTS) is 1. The topological polar surface area (TPSA) is 66.4 Å². The van der Waals surface area contributed by atoms with Gasteiger partial charge in [-0.1, -0.05) is 29.3 Å². The minimum Gasteiger partial charge on any atom is -0.478 e. The third-order valence-corrected chi connectivity index (χ3v) is 3.90. The van der Waals surface area contributed by atoms with Crippen LogP contribution in [0.15, 0.2) is 22.7 Å². The van der Waals surface area contributed by atoms with Gasteiger partial charge in [-0.15, -0.1) is 0 Å². The molecule has 0 atom stereocenters. The van der Waals surface area contributed by atoms with Gasteiger partial charge in [0.15, 0.2) is 0 Å². The zero-order chi connectivity index (χ0) is 14.3. The number of aromatic carboxylic acids is 1. The van der Waals surface area contributed by atoms with E-state index < -0.39 is 5.97 Å². The number of amides is 1. The van der Waals surface area contributed by atoms with Gasteiger partial charge in [-0.3, -0.25) is 4.79 Å². The number of hydrogen-bond acceptors (Lipinski definition) is 3. The zero-order valence-electron chi connectivity index (χ0n) is 10.6. The highest BCUT2D eigenvalue weighted by Crippen LogP contribution is 2.22. The molecule has 0 spiro atoms. The largest absolute Gasteiger partial charge is 0.478 e. The predicted molar refractivity (Wildman–Crippen MR) is 82.0 cm³/mol. The number of carbonyl (C=O) groups excluding carboxylic acids is 1. The summed E-state index contributed by atoms with van der Waals surface area (Å²) in [5.74, 6) is 0.0443. The molecular formula is C13H16BrNO3S. The maximum Gasteiger partial charge on any atom is 0.337 e. The van der Waals surface area contributed by atoms with Crippen LogP contribution in [0.4, 0.5) is 5.69 Å². The van der Waals surface area contributed by atoms with Gasteiger partial charge in [-0.25, -0.2) is 4.79 Å². The van der Waals surface area contributed by atoms with E-state index in [0.29, 0.717) is 11.4 Å². The molecule has 0 aliphatic heterocycles. The zero-order valence-corrected chi connectivity index (χ0v) is 13.0. The molecule has 0 aromatic heterocycles. The molecule has 0 heterocycles. The maximum absolute atomic E-state index is 11.7. The fourth-order valence-corrected chi connectivity index (χ4v) is 2.66. The predicted octanol–water partition coefficient (Wildman–Crippen LogP) is 3.62. The van der Waals surface area contributed by atoms with E-state index in [4.69, 9.17) is 5.11 Å². The van der Waals surface area contributed by atoms with Crippen molar-refractivity contribution in [1.82, 2.24) is 0 Å². The van der Waals surface area contributed by atoms with E-state index in [1.54, 1.807) is 23.9 Å². The van der Waals surface area contributed by atoms with E-state index in [-0.39, 0.29) is 11.5 Å². The van der Waals surface area contributed by atoms with E-state index in [1.807, 2.05) is 0 Å². The standard InChI is InChI=1S/C13H16BrNO3S/c1-2-3-6-19-8-12(16)15-11-7-9(14)4-5-10(11)13(17)18/h4-5,7H,2-3,6,8H2,1H3,(H,15,16)(H,17,18). The van der Waals surface area contributed by atoms with Crippen molar-refractivity contribution >= 4 is 45.3 Å². The number of unbranched alkanes of at least 4 members (excludes halogenated alkanes) is 1. The fraction of sp³-hybridized carbons (Fsp3) is 0.385. The van der Waals surface area contributed by atoms with Crippen molar-refractivity contribution in [1.29, 1.82) is 0 Å². The van der Waals surface area contributed by atoms with Crippen LogP contribution in [0.25, 0.3) is 0 Å². The van der Waals surface area contributed by atoms with E-state index in [2.05, 4.69) is 28.2 Å². The summed E-state index contributed by atoms with van der Waals surface area (Å²) in [4.78, 5) is 22.8. The van der Waals surface area contributed by atoms with Gasteiger partial charge in [0.2, 0.25) is 5.91 Å². The first-order valence-electron chi connectivity index (χ1n) is 5.95. The molecule has 0 fully saturated rings. The molecule has 0 saturated heterocycles. The molecule has 104 valence electrons. The summed E-state index contributed by atoms with van der Waals surface area (Å²) in [5, 5.41) is 11.7. The highest BCUT2D eigenvalue weighted by atomic mass is 79.9. The Bertz CT molecular complexity index is 465. The Hall–Kier alpha value is -1.01. The number of carbonyl (C=O) groups is 2. The van der Waals surface area contributed by atoms with Gasteiger partial charge < -0.3 is 10.4 Å². The summed E-state index contributed by atoms with van der Waals surface area (Å²) >= 11 is 4.81. The van der Waals surface area contributed by atoms with Crippen molar-refractivity contribution in [2.75, 3.05) is 16.8 Å². The Morgan fingerprint density at radius 3 is 2.79 bits per heavy atom. The molecular weight excluding hydrogens is 330 g/mol. The number of rotatable bonds is 7. The number of carboxylic acids is 1. The number of benzene rings is 1. The van der Waals surface area contributed by atoms with Crippen LogP contribution in [0.3, 0.4) is 0 Å². The lowest BCUT2D eigenvalue weighted by Crippen LogP contribution is -2.16. The van der Waals surface area contributed by atoms with Crippen LogP contribution in [-0.2, 0) is 4.79 Å². The minimum absolute atomic E-state index is 0.0927. The van der Waals surface area contributed by atoms with Gasteiger partial charge in [0.25, 0.3) is 0 Å². The summed E-state index contributed by atoms with van der Waals surface area (Å²) in [6.45, 7) is 2.10. The lowest BCUT2D eigenvalue weighted by Gasteiger charge is -2.09. The smallest absolute Gasteiger partial charge is 0.337 e. The first-order valence-corrected chi connectivity index (χ1v) is 7.89. The second-order valence-corrected chi connectivity index (χ2v) is 5.97. The number of thioether (sulfide) groups is 1. The highest BCUT2D eigenvalue weighted by molar-refractivity contribution is 9.10. The molecule has 1 aromatic carbocycles. The molecule has 0 aliphatic carbocycles. The lowest BCUT2D eigenvalue weighted by molar-refractivity contribution is -0.113. The van der Waals surface area contributed by atoms with Crippen LogP contribution in [0.5, 0.6) is 0 Å². The Balaban J connectivity index is 2.62. The summed E-state index contributed by atoms with van der Waals surface area (Å²) in [6.07, 6.45) is 2.18. The Morgan fingerprint density at radius 1 is 1.42 bits per heavy atom. The molecule has 1 aromatic rings. The molecule has 0 unspecified atom stereocenters. The van der Waals surface area contributed by atoms with E-state index >= 15 is 0 Å². The monoisotopic (exact) mass is 345 g/mol. The molecule has 2 N–H and O–H groups in total. The van der Waals surface area contributed by atoms with Gasteiger partial charge in [-0.2, -0.15) is 11.8 Å². The molecule has 0 bridgehead atoms. The quantitative estimate of drug-likeness (QED) is 0.740. The summed E-state index contributed by atoms with van der Waals surface area (Å²) < 4.78 is 0.728. The van der Waals surface area contributed by atoms with Gasteiger partial charge in [-0.05, 0) is 30.4 Å². The number of anilines is 1. The van der Waals surface area contributed by atoms with Crippen molar-refractivity contribution in [2.24, 2.45) is 0 Å². The summed E-state index contributed by atoms with van der Waals surface area (Å²) in [7, 11) is 0. The van der Waals surface area contributed by atoms with Crippen molar-refractivity contribution in [3.63, 3.8) is 0 Å². The first-order chi connectivity index (χ1) is 9.04. The molecule has 0 radical (unpaired) electrons. The molecule has 19 heavy (non-hydrogen) atoms. The minimum atomic E-state index is -1.05. The van der Waals surface area contributed by atoms with Crippen LogP contribution < -0.4 is 5.32 Å². The van der Waals surface area contributed by atoms with E-state index in [1.165, 1.54) is 6.07 Å². The van der Waals surface area contributed by atoms with Gasteiger partial charge in [0.1, 0.15) is 0 Å². The second-order valence-electron chi connectivity index (χ2n) is 3.95. The average Bonchev–Trinajstić information content (AvgIpc) is 2.34. The lowest BCUT2D eigenvalue weighted by atomic mass is 10.2. The van der Waals surface area contributed by atoms with Gasteiger partial charge in [0, 0.05) is 4.47 Å². The number of hydrogen-bond donors (Lipinski definition) is 2. The molecule has 0 aliphatic rings. The molecule has 6 heteroatoms. The van der Waals surface area contributed by atoms with Crippen LogP contribution in [0.2, 0.25) is 0 Å². The molecule has 4 nitrogen and oxygen atoms in total. The SMILES string of the molecule is CCCCSCC(=O)Nc1cc(Br)ccc1C(=O)O. The van der Waals surface area contributed by atoms with Crippen molar-refractivity contribution in [2.45, 2.75) is 19.8 Å². The van der Waals surface area contributed by atoms with Crippen molar-refractivity contribution in [3.8, 4) is 0 Å². The van der Waals surface area contributed by atoms with Crippen LogP contribution in [-0.4, -0.2) is 28.5 Å². The van der Waals surface area contributed by atoms with E-state index in [9.17, 15) is 9.59 Å². The molecule has 1 amide bonds. The normalized spacial score (nSPS) is 10.2. The van der Waals surface area contributed by atoms with Crippen molar-refractivity contribution < 1.29 is 14.7 Å². The maximum atomic E-state index is 11.7. The number of nitrogens with one attached hydrogen (secondary N) is 1. The average molecular weight is 346 g/mol. The van der Waals surface area contributed by atoms with E-state index in [0.717, 1.165) is 23.1 Å². The van der Waals surface area contributed by atoms with Gasteiger partial charge in [0.05, 0.1) is 17.0 Å². The number of halogens is 1. The Labute approximate surface area is 125 Å².